The summed E-state index contributed by atoms with van der Waals surface area (Å²) in [6.45, 7) is 0. The third-order valence-electron chi connectivity index (χ3n) is 0. The molecular weight excluding hydrogens is 336 g/mol. The first kappa shape index (κ1) is 391. The second kappa shape index (κ2) is 4510. The number of rotatable bonds is 0. The van der Waals surface area contributed by atoms with Crippen LogP contribution in [0.25, 0.3) is 0 Å². The molecule has 0 radical (unpaired) electrons. The van der Waals surface area contributed by atoms with Crippen molar-refractivity contribution in [3.05, 3.63) is 0 Å². The summed E-state index contributed by atoms with van der Waals surface area (Å²) < 4.78 is 0. The zero-order chi connectivity index (χ0) is 10.8. The van der Waals surface area contributed by atoms with E-state index in [1.54, 1.807) is 0 Å². The lowest BCUT2D eigenvalue weighted by Crippen LogP contribution is -1.16. The maximum atomic E-state index is 8.35. The minimum atomic E-state index is 0. The highest BCUT2D eigenvalue weighted by Crippen LogP contribution is 0.877. The standard InChI is InChI=1S/4CHNO.14CH4/c4*2-1-3;;;;;;;;;;;;;;/h4*2H;14*1H4. The molecular formula is C18H60N4O4. The summed E-state index contributed by atoms with van der Waals surface area (Å²) in [6.07, 6.45) is 3.00. The van der Waals surface area contributed by atoms with Crippen molar-refractivity contribution >= 4 is 24.3 Å². The molecule has 8 nitrogen and oxygen atoms in total. The van der Waals surface area contributed by atoms with E-state index in [0.717, 1.165) is 24.3 Å². The minimum absolute atomic E-state index is 0. The monoisotopic (exact) mass is 396 g/mol. The average molecular weight is 397 g/mol. The topological polar surface area (TPSA) is 164 Å². The zero-order valence-electron chi connectivity index (χ0n) is 5.63. The molecule has 0 rings (SSSR count). The Morgan fingerprint density at radius 3 is 0.269 bits per heavy atom. The smallest absolute Gasteiger partial charge is 0.222 e. The quantitative estimate of drug-likeness (QED) is 0.238. The Morgan fingerprint density at radius 1 is 0.269 bits per heavy atom. The van der Waals surface area contributed by atoms with Crippen molar-refractivity contribution in [1.82, 2.24) is 0 Å². The molecule has 0 saturated carbocycles. The van der Waals surface area contributed by atoms with Crippen LogP contribution < -0.4 is 0 Å². The van der Waals surface area contributed by atoms with Crippen LogP contribution in [-0.4, -0.2) is 24.3 Å². The van der Waals surface area contributed by atoms with Crippen molar-refractivity contribution in [1.29, 1.82) is 21.6 Å². The van der Waals surface area contributed by atoms with Crippen molar-refractivity contribution in [3.8, 4) is 0 Å². The highest BCUT2D eigenvalue weighted by molar-refractivity contribution is 5.26. The van der Waals surface area contributed by atoms with Gasteiger partial charge in [-0.25, -0.2) is 40.8 Å². The first-order valence-electron chi connectivity index (χ1n) is 1.82. The summed E-state index contributed by atoms with van der Waals surface area (Å²) in [4.78, 5) is 33.4. The first-order valence-corrected chi connectivity index (χ1v) is 1.82. The maximum absolute atomic E-state index is 8.35. The van der Waals surface area contributed by atoms with Crippen LogP contribution in [0.3, 0.4) is 0 Å². The molecule has 0 saturated heterocycles. The van der Waals surface area contributed by atoms with E-state index in [9.17, 15) is 0 Å². The SMILES string of the molecule is C.C.C.C.C.C.C.C.C.C.C.C.C.C.N=C=O.N=C=O.N=C=O.N=C=O. The van der Waals surface area contributed by atoms with Gasteiger partial charge in [0.2, 0.25) is 24.3 Å². The molecule has 0 aliphatic rings. The Bertz CT molecular complexity index is 163. The molecule has 0 aromatic heterocycles. The molecule has 26 heavy (non-hydrogen) atoms. The molecule has 0 bridgehead atoms. The summed E-state index contributed by atoms with van der Waals surface area (Å²) in [5, 5.41) is 21.6. The van der Waals surface area contributed by atoms with Crippen molar-refractivity contribution < 1.29 is 19.2 Å². The second-order valence-corrected chi connectivity index (χ2v) is 0.408. The van der Waals surface area contributed by atoms with E-state index in [4.69, 9.17) is 40.8 Å². The van der Waals surface area contributed by atoms with Crippen LogP contribution >= 0.6 is 0 Å². The van der Waals surface area contributed by atoms with Crippen LogP contribution in [0.15, 0.2) is 0 Å². The Labute approximate surface area is 169 Å². The van der Waals surface area contributed by atoms with E-state index in [0.29, 0.717) is 0 Å². The van der Waals surface area contributed by atoms with Gasteiger partial charge in [0.1, 0.15) is 0 Å². The fourth-order valence-corrected chi connectivity index (χ4v) is 0. The number of nitrogens with one attached hydrogen (secondary N) is 4. The molecule has 0 aromatic carbocycles. The van der Waals surface area contributed by atoms with Gasteiger partial charge < -0.3 is 0 Å². The molecule has 0 heterocycles. The summed E-state index contributed by atoms with van der Waals surface area (Å²) in [7, 11) is 0. The number of carbonyl (C=O) groups excluding carboxylic acids is 4. The summed E-state index contributed by atoms with van der Waals surface area (Å²) in [6, 6.07) is 0. The van der Waals surface area contributed by atoms with Gasteiger partial charge in [-0.05, 0) is 0 Å². The van der Waals surface area contributed by atoms with E-state index in [1.165, 1.54) is 0 Å². The van der Waals surface area contributed by atoms with Gasteiger partial charge >= 0.3 is 0 Å². The lowest BCUT2D eigenvalue weighted by Gasteiger charge is -1.02. The first-order chi connectivity index (χ1) is 5.66. The van der Waals surface area contributed by atoms with Gasteiger partial charge in [-0.3, -0.25) is 0 Å². The Balaban J connectivity index is -0.00000000174. The Morgan fingerprint density at radius 2 is 0.269 bits per heavy atom. The molecule has 0 unspecified atom stereocenters. The number of hydrogen-bond donors (Lipinski definition) is 4. The van der Waals surface area contributed by atoms with Gasteiger partial charge in [-0.1, -0.05) is 104 Å². The van der Waals surface area contributed by atoms with Crippen LogP contribution in [0.5, 0.6) is 0 Å². The molecule has 0 aliphatic heterocycles. The molecule has 0 aromatic rings. The zero-order valence-corrected chi connectivity index (χ0v) is 5.63. The van der Waals surface area contributed by atoms with E-state index in [1.807, 2.05) is 0 Å². The fraction of sp³-hybridized carbons (Fsp3) is 0.778. The molecule has 0 fully saturated rings. The fourth-order valence-electron chi connectivity index (χ4n) is 0. The van der Waals surface area contributed by atoms with Crippen molar-refractivity contribution in [2.24, 2.45) is 0 Å². The summed E-state index contributed by atoms with van der Waals surface area (Å²) >= 11 is 0. The normalized spacial score (nSPS) is 1.23. The lowest BCUT2D eigenvalue weighted by molar-refractivity contribution is 0.562. The largest absolute Gasteiger partial charge is 0.231 e. The van der Waals surface area contributed by atoms with E-state index < -0.39 is 0 Å². The van der Waals surface area contributed by atoms with Crippen molar-refractivity contribution in [2.75, 3.05) is 0 Å². The van der Waals surface area contributed by atoms with Crippen LogP contribution in [0.2, 0.25) is 0 Å². The van der Waals surface area contributed by atoms with Crippen LogP contribution in [0.4, 0.5) is 0 Å². The summed E-state index contributed by atoms with van der Waals surface area (Å²) in [5.41, 5.74) is 0. The molecule has 8 heteroatoms. The second-order valence-electron chi connectivity index (χ2n) is 0.408. The van der Waals surface area contributed by atoms with Crippen molar-refractivity contribution in [2.45, 2.75) is 104 Å². The molecule has 176 valence electrons. The van der Waals surface area contributed by atoms with Gasteiger partial charge in [-0.2, -0.15) is 0 Å². The highest BCUT2D eigenvalue weighted by atomic mass is 16.1. The third-order valence-corrected chi connectivity index (χ3v) is 0. The van der Waals surface area contributed by atoms with Gasteiger partial charge in [0, 0.05) is 0 Å². The van der Waals surface area contributed by atoms with Crippen LogP contribution in [-0.2, 0) is 19.2 Å². The highest BCUT2D eigenvalue weighted by Gasteiger charge is 1.04. The number of hydrogen-bond acceptors (Lipinski definition) is 8. The molecule has 0 aliphatic carbocycles. The predicted octanol–water partition coefficient (Wildman–Crippen LogP) is 8.51. The van der Waals surface area contributed by atoms with Gasteiger partial charge in [-0.15, -0.1) is 0 Å². The van der Waals surface area contributed by atoms with Crippen LogP contribution in [0, 0.1) is 21.6 Å². The van der Waals surface area contributed by atoms with Gasteiger partial charge in [0.05, 0.1) is 0 Å². The van der Waals surface area contributed by atoms with E-state index in [2.05, 4.69) is 0 Å². The maximum Gasteiger partial charge on any atom is 0.231 e. The Kier molecular flexibility index (Phi) is 68000. The van der Waals surface area contributed by atoms with E-state index in [-0.39, 0.29) is 104 Å². The predicted molar refractivity (Wildman–Crippen MR) is 128 cm³/mol. The minimum Gasteiger partial charge on any atom is -0.222 e. The summed E-state index contributed by atoms with van der Waals surface area (Å²) in [5.74, 6) is 0. The number of isocyanates is 4. The van der Waals surface area contributed by atoms with Gasteiger partial charge in [0.25, 0.3) is 0 Å². The lowest BCUT2D eigenvalue weighted by atomic mass is 11.7. The van der Waals surface area contributed by atoms with Gasteiger partial charge in [0.15, 0.2) is 0 Å². The van der Waals surface area contributed by atoms with Crippen molar-refractivity contribution in [3.63, 3.8) is 0 Å². The van der Waals surface area contributed by atoms with Crippen LogP contribution in [0.1, 0.15) is 104 Å². The molecule has 4 N–H and O–H groups in total. The average Bonchev–Trinajstić information content (AvgIpc) is 1.92. The van der Waals surface area contributed by atoms with E-state index >= 15 is 0 Å². The molecule has 0 spiro atoms. The molecule has 0 amide bonds. The third kappa shape index (κ3) is 1470. The Hall–Kier alpha value is -2.48. The molecule has 0 atom stereocenters.